The summed E-state index contributed by atoms with van der Waals surface area (Å²) in [7, 11) is 1.99. The highest BCUT2D eigenvalue weighted by Crippen LogP contribution is 2.37. The third-order valence-corrected chi connectivity index (χ3v) is 5.49. The van der Waals surface area contributed by atoms with Gasteiger partial charge in [-0.1, -0.05) is 19.3 Å². The van der Waals surface area contributed by atoms with E-state index >= 15 is 0 Å². The average Bonchev–Trinajstić information content (AvgIpc) is 2.69. The zero-order valence-corrected chi connectivity index (χ0v) is 12.6. The molecule has 0 spiro atoms. The zero-order chi connectivity index (χ0) is 13.0. The van der Waals surface area contributed by atoms with Crippen molar-refractivity contribution in [3.05, 3.63) is 17.5 Å². The molecule has 0 atom stereocenters. The van der Waals surface area contributed by atoms with Gasteiger partial charge in [0.05, 0.1) is 5.69 Å². The Morgan fingerprint density at radius 3 is 2.67 bits per heavy atom. The van der Waals surface area contributed by atoms with Crippen LogP contribution < -0.4 is 5.32 Å². The average molecular weight is 267 g/mol. The summed E-state index contributed by atoms with van der Waals surface area (Å²) in [6.07, 6.45) is 11.3. The van der Waals surface area contributed by atoms with Crippen molar-refractivity contribution in [2.24, 2.45) is 7.05 Å². The summed E-state index contributed by atoms with van der Waals surface area (Å²) in [5, 5.41) is 8.03. The quantitative estimate of drug-likeness (QED) is 0.889. The monoisotopic (exact) mass is 267 g/mol. The van der Waals surface area contributed by atoms with Gasteiger partial charge in [0.2, 0.25) is 0 Å². The Hall–Kier alpha value is -0.480. The Bertz CT molecular complexity index is 380. The molecule has 0 amide bonds. The van der Waals surface area contributed by atoms with Crippen LogP contribution in [0.3, 0.4) is 0 Å². The van der Waals surface area contributed by atoms with Gasteiger partial charge in [0.15, 0.2) is 0 Å². The van der Waals surface area contributed by atoms with Crippen LogP contribution in [0.4, 0.5) is 0 Å². The molecule has 102 valence electrons. The third-order valence-electron chi connectivity index (χ3n) is 4.08. The second kappa shape index (κ2) is 6.11. The van der Waals surface area contributed by atoms with Gasteiger partial charge >= 0.3 is 0 Å². The summed E-state index contributed by atoms with van der Waals surface area (Å²) < 4.78 is 2.38. The van der Waals surface area contributed by atoms with Gasteiger partial charge in [-0.15, -0.1) is 0 Å². The third kappa shape index (κ3) is 3.29. The number of hydrogen-bond acceptors (Lipinski definition) is 3. The number of rotatable bonds is 5. The fourth-order valence-corrected chi connectivity index (χ4v) is 3.84. The number of aromatic nitrogens is 2. The van der Waals surface area contributed by atoms with E-state index in [1.54, 1.807) is 0 Å². The first-order chi connectivity index (χ1) is 8.65. The van der Waals surface area contributed by atoms with Gasteiger partial charge in [0.1, 0.15) is 0 Å². The summed E-state index contributed by atoms with van der Waals surface area (Å²) >= 11 is 2.05. The molecule has 1 N–H and O–H groups in total. The number of hydrogen-bond donors (Lipinski definition) is 1. The summed E-state index contributed by atoms with van der Waals surface area (Å²) in [6, 6.07) is 0. The molecule has 1 aromatic rings. The summed E-state index contributed by atoms with van der Waals surface area (Å²) in [4.78, 5) is 0. The van der Waals surface area contributed by atoms with Gasteiger partial charge in [-0.05, 0) is 26.0 Å². The fourth-order valence-electron chi connectivity index (χ4n) is 2.90. The van der Waals surface area contributed by atoms with E-state index in [-0.39, 0.29) is 0 Å². The zero-order valence-electron chi connectivity index (χ0n) is 11.8. The van der Waals surface area contributed by atoms with Crippen LogP contribution in [0.25, 0.3) is 0 Å². The first-order valence-corrected chi connectivity index (χ1v) is 8.13. The van der Waals surface area contributed by atoms with Crippen molar-refractivity contribution in [2.75, 3.05) is 12.8 Å². The molecule has 0 saturated heterocycles. The number of nitrogens with one attached hydrogen (secondary N) is 1. The molecule has 0 aliphatic heterocycles. The topological polar surface area (TPSA) is 29.9 Å². The lowest BCUT2D eigenvalue weighted by molar-refractivity contribution is 0.379. The SMILES string of the molecule is CSC1(CNCc2cn(C)nc2C)CCCCC1. The number of nitrogens with zero attached hydrogens (tertiary/aromatic N) is 2. The molecular weight excluding hydrogens is 242 g/mol. The minimum absolute atomic E-state index is 0.481. The maximum Gasteiger partial charge on any atom is 0.0638 e. The molecule has 0 unspecified atom stereocenters. The second-order valence-corrected chi connectivity index (χ2v) is 6.74. The summed E-state index contributed by atoms with van der Waals surface area (Å²) in [6.45, 7) is 4.16. The molecule has 0 bridgehead atoms. The normalized spacial score (nSPS) is 19.1. The lowest BCUT2D eigenvalue weighted by Gasteiger charge is -2.36. The molecule has 3 nitrogen and oxygen atoms in total. The highest BCUT2D eigenvalue weighted by molar-refractivity contribution is 8.00. The minimum Gasteiger partial charge on any atom is -0.311 e. The van der Waals surface area contributed by atoms with E-state index in [0.29, 0.717) is 4.75 Å². The molecular formula is C14H25N3S. The predicted octanol–water partition coefficient (Wildman–Crippen LogP) is 2.88. The van der Waals surface area contributed by atoms with Crippen LogP contribution >= 0.6 is 11.8 Å². The van der Waals surface area contributed by atoms with Crippen LogP contribution in [0, 0.1) is 6.92 Å². The van der Waals surface area contributed by atoms with Gasteiger partial charge < -0.3 is 5.32 Å². The molecule has 1 heterocycles. The van der Waals surface area contributed by atoms with E-state index in [1.165, 1.54) is 37.7 Å². The van der Waals surface area contributed by atoms with E-state index in [1.807, 2.05) is 11.7 Å². The molecule has 0 aromatic carbocycles. The number of aryl methyl sites for hydroxylation is 2. The molecule has 1 saturated carbocycles. The van der Waals surface area contributed by atoms with Gasteiger partial charge in [-0.2, -0.15) is 16.9 Å². The van der Waals surface area contributed by atoms with Crippen LogP contribution in [0.5, 0.6) is 0 Å². The van der Waals surface area contributed by atoms with Crippen LogP contribution in [0.2, 0.25) is 0 Å². The molecule has 18 heavy (non-hydrogen) atoms. The largest absolute Gasteiger partial charge is 0.311 e. The fraction of sp³-hybridized carbons (Fsp3) is 0.786. The van der Waals surface area contributed by atoms with E-state index in [9.17, 15) is 0 Å². The standard InChI is InChI=1S/C14H25N3S/c1-12-13(10-17(2)16-12)9-15-11-14(18-3)7-5-4-6-8-14/h10,15H,4-9,11H2,1-3H3. The van der Waals surface area contributed by atoms with Crippen molar-refractivity contribution < 1.29 is 0 Å². The van der Waals surface area contributed by atoms with E-state index in [2.05, 4.69) is 41.6 Å². The van der Waals surface area contributed by atoms with Gasteiger partial charge in [0, 0.05) is 36.6 Å². The maximum absolute atomic E-state index is 4.39. The molecule has 1 aromatic heterocycles. The van der Waals surface area contributed by atoms with E-state index in [0.717, 1.165) is 18.8 Å². The van der Waals surface area contributed by atoms with Crippen molar-refractivity contribution in [3.63, 3.8) is 0 Å². The van der Waals surface area contributed by atoms with E-state index in [4.69, 9.17) is 0 Å². The molecule has 2 rings (SSSR count). The minimum atomic E-state index is 0.481. The van der Waals surface area contributed by atoms with Crippen LogP contribution in [-0.2, 0) is 13.6 Å². The molecule has 1 fully saturated rings. The molecule has 1 aliphatic carbocycles. The van der Waals surface area contributed by atoms with Crippen LogP contribution in [-0.4, -0.2) is 27.3 Å². The van der Waals surface area contributed by atoms with Crippen molar-refractivity contribution in [2.45, 2.75) is 50.3 Å². The Balaban J connectivity index is 1.85. The summed E-state index contributed by atoms with van der Waals surface area (Å²) in [5.41, 5.74) is 2.47. The molecule has 1 aliphatic rings. The Morgan fingerprint density at radius 2 is 2.11 bits per heavy atom. The highest BCUT2D eigenvalue weighted by Gasteiger charge is 2.30. The molecule has 0 radical (unpaired) electrons. The number of thioether (sulfide) groups is 1. The van der Waals surface area contributed by atoms with Gasteiger partial charge in [0.25, 0.3) is 0 Å². The Labute approximate surface area is 115 Å². The summed E-state index contributed by atoms with van der Waals surface area (Å²) in [5.74, 6) is 0. The van der Waals surface area contributed by atoms with E-state index < -0.39 is 0 Å². The predicted molar refractivity (Wildman–Crippen MR) is 79.0 cm³/mol. The first-order valence-electron chi connectivity index (χ1n) is 6.90. The van der Waals surface area contributed by atoms with Crippen LogP contribution in [0.1, 0.15) is 43.4 Å². The lowest BCUT2D eigenvalue weighted by Crippen LogP contribution is -2.39. The van der Waals surface area contributed by atoms with Crippen molar-refractivity contribution in [1.29, 1.82) is 0 Å². The van der Waals surface area contributed by atoms with Gasteiger partial charge in [-0.25, -0.2) is 0 Å². The molecule has 4 heteroatoms. The maximum atomic E-state index is 4.39. The lowest BCUT2D eigenvalue weighted by atomic mass is 9.88. The highest BCUT2D eigenvalue weighted by atomic mass is 32.2. The van der Waals surface area contributed by atoms with Crippen molar-refractivity contribution >= 4 is 11.8 Å². The van der Waals surface area contributed by atoms with Crippen LogP contribution in [0.15, 0.2) is 6.20 Å². The van der Waals surface area contributed by atoms with Crippen molar-refractivity contribution in [1.82, 2.24) is 15.1 Å². The second-order valence-electron chi connectivity index (χ2n) is 5.46. The van der Waals surface area contributed by atoms with Gasteiger partial charge in [-0.3, -0.25) is 4.68 Å². The Kier molecular flexibility index (Phi) is 4.73. The van der Waals surface area contributed by atoms with Crippen molar-refractivity contribution in [3.8, 4) is 0 Å². The smallest absolute Gasteiger partial charge is 0.0638 e. The Morgan fingerprint density at radius 1 is 1.39 bits per heavy atom. The first kappa shape index (κ1) is 13.9.